The summed E-state index contributed by atoms with van der Waals surface area (Å²) in [6.07, 6.45) is 2.24. The Labute approximate surface area is 156 Å². The van der Waals surface area contributed by atoms with Crippen molar-refractivity contribution >= 4 is 29.7 Å². The van der Waals surface area contributed by atoms with Gasteiger partial charge in [0, 0.05) is 17.3 Å². The van der Waals surface area contributed by atoms with Gasteiger partial charge in [0.15, 0.2) is 6.61 Å². The van der Waals surface area contributed by atoms with Crippen LogP contribution in [-0.4, -0.2) is 24.5 Å². The first-order chi connectivity index (χ1) is 12.8. The van der Waals surface area contributed by atoms with Crippen molar-refractivity contribution in [3.8, 4) is 0 Å². The monoisotopic (exact) mass is 370 g/mol. The molecule has 0 aromatic heterocycles. The second kappa shape index (κ2) is 9.28. The van der Waals surface area contributed by atoms with Crippen LogP contribution in [0, 0.1) is 19.7 Å². The molecule has 6 nitrogen and oxygen atoms in total. The van der Waals surface area contributed by atoms with Crippen LogP contribution in [0.15, 0.2) is 48.5 Å². The number of imide groups is 1. The van der Waals surface area contributed by atoms with Gasteiger partial charge in [-0.25, -0.2) is 14.0 Å². The van der Waals surface area contributed by atoms with Crippen molar-refractivity contribution in [1.82, 2.24) is 5.32 Å². The second-order valence-electron chi connectivity index (χ2n) is 5.76. The Morgan fingerprint density at radius 1 is 1.07 bits per heavy atom. The van der Waals surface area contributed by atoms with Crippen molar-refractivity contribution in [3.63, 3.8) is 0 Å². The number of urea groups is 1. The van der Waals surface area contributed by atoms with Gasteiger partial charge in [0.05, 0.1) is 0 Å². The molecule has 7 heteroatoms. The third kappa shape index (κ3) is 6.39. The first-order valence-electron chi connectivity index (χ1n) is 8.12. The highest BCUT2D eigenvalue weighted by atomic mass is 19.1. The summed E-state index contributed by atoms with van der Waals surface area (Å²) in [5.41, 5.74) is 2.82. The van der Waals surface area contributed by atoms with Gasteiger partial charge >= 0.3 is 12.0 Å². The van der Waals surface area contributed by atoms with E-state index in [0.717, 1.165) is 17.2 Å². The number of benzene rings is 2. The molecule has 0 atom stereocenters. The average Bonchev–Trinajstić information content (AvgIpc) is 2.62. The van der Waals surface area contributed by atoms with Gasteiger partial charge in [-0.1, -0.05) is 24.3 Å². The Bertz CT molecular complexity index is 893. The van der Waals surface area contributed by atoms with Crippen molar-refractivity contribution in [2.45, 2.75) is 13.8 Å². The van der Waals surface area contributed by atoms with Crippen LogP contribution in [-0.2, 0) is 14.3 Å². The van der Waals surface area contributed by atoms with Crippen LogP contribution >= 0.6 is 0 Å². The lowest BCUT2D eigenvalue weighted by atomic mass is 10.1. The molecule has 2 aromatic carbocycles. The van der Waals surface area contributed by atoms with Crippen LogP contribution in [0.1, 0.15) is 16.7 Å². The number of ether oxygens (including phenoxy) is 1. The molecule has 0 aliphatic rings. The SMILES string of the molecule is Cc1ccc(NC(=O)NC(=O)COC(=O)/C=C/c2ccccc2F)cc1C. The number of rotatable bonds is 5. The molecule has 0 saturated heterocycles. The first-order valence-corrected chi connectivity index (χ1v) is 8.12. The number of carbonyl (C=O) groups excluding carboxylic acids is 3. The van der Waals surface area contributed by atoms with E-state index in [1.807, 2.05) is 19.9 Å². The molecule has 2 aromatic rings. The van der Waals surface area contributed by atoms with E-state index in [0.29, 0.717) is 5.69 Å². The first kappa shape index (κ1) is 19.8. The second-order valence-corrected chi connectivity index (χ2v) is 5.76. The summed E-state index contributed by atoms with van der Waals surface area (Å²) in [7, 11) is 0. The molecule has 0 aliphatic heterocycles. The number of hydrogen-bond acceptors (Lipinski definition) is 4. The molecule has 0 radical (unpaired) electrons. The van der Waals surface area contributed by atoms with E-state index in [1.165, 1.54) is 24.3 Å². The molecule has 0 aliphatic carbocycles. The maximum atomic E-state index is 13.4. The van der Waals surface area contributed by atoms with E-state index >= 15 is 0 Å². The third-order valence-corrected chi connectivity index (χ3v) is 3.67. The highest BCUT2D eigenvalue weighted by molar-refractivity contribution is 6.02. The van der Waals surface area contributed by atoms with Crippen molar-refractivity contribution in [2.75, 3.05) is 11.9 Å². The van der Waals surface area contributed by atoms with Crippen molar-refractivity contribution in [2.24, 2.45) is 0 Å². The molecule has 0 unspecified atom stereocenters. The molecule has 140 valence electrons. The Morgan fingerprint density at radius 3 is 2.52 bits per heavy atom. The summed E-state index contributed by atoms with van der Waals surface area (Å²) in [4.78, 5) is 35.0. The maximum absolute atomic E-state index is 13.4. The minimum Gasteiger partial charge on any atom is -0.452 e. The number of nitrogens with one attached hydrogen (secondary N) is 2. The van der Waals surface area contributed by atoms with Gasteiger partial charge in [0.25, 0.3) is 5.91 Å². The molecule has 0 fully saturated rings. The lowest BCUT2D eigenvalue weighted by Crippen LogP contribution is -2.37. The Balaban J connectivity index is 1.78. The smallest absolute Gasteiger partial charge is 0.331 e. The predicted molar refractivity (Wildman–Crippen MR) is 99.5 cm³/mol. The summed E-state index contributed by atoms with van der Waals surface area (Å²) < 4.78 is 18.1. The highest BCUT2D eigenvalue weighted by Crippen LogP contribution is 2.13. The summed E-state index contributed by atoms with van der Waals surface area (Å²) in [6.45, 7) is 3.20. The molecule has 27 heavy (non-hydrogen) atoms. The van der Waals surface area contributed by atoms with Gasteiger partial charge in [-0.2, -0.15) is 0 Å². The quantitative estimate of drug-likeness (QED) is 0.624. The maximum Gasteiger partial charge on any atom is 0.331 e. The number of aryl methyl sites for hydroxylation is 2. The van der Waals surface area contributed by atoms with Gasteiger partial charge in [0.2, 0.25) is 0 Å². The van der Waals surface area contributed by atoms with E-state index in [9.17, 15) is 18.8 Å². The zero-order chi connectivity index (χ0) is 19.8. The molecule has 0 heterocycles. The Morgan fingerprint density at radius 2 is 1.81 bits per heavy atom. The van der Waals surface area contributed by atoms with Gasteiger partial charge in [-0.15, -0.1) is 0 Å². The van der Waals surface area contributed by atoms with Crippen LogP contribution in [0.3, 0.4) is 0 Å². The molecule has 2 rings (SSSR count). The fourth-order valence-corrected chi connectivity index (χ4v) is 2.10. The minimum absolute atomic E-state index is 0.215. The topological polar surface area (TPSA) is 84.5 Å². The standard InChI is InChI=1S/C20H19FN2O4/c1-13-7-9-16(11-14(13)2)22-20(26)23-18(24)12-27-19(25)10-8-15-5-3-4-6-17(15)21/h3-11H,12H2,1-2H3,(H2,22,23,24,26)/b10-8+. The number of amides is 3. The van der Waals surface area contributed by atoms with Gasteiger partial charge in [-0.05, 0) is 49.2 Å². The molecular weight excluding hydrogens is 351 g/mol. The summed E-state index contributed by atoms with van der Waals surface area (Å²) in [5.74, 6) is -2.10. The van der Waals surface area contributed by atoms with Crippen LogP contribution in [0.2, 0.25) is 0 Å². The average molecular weight is 370 g/mol. The lowest BCUT2D eigenvalue weighted by Gasteiger charge is -2.08. The summed E-state index contributed by atoms with van der Waals surface area (Å²) in [5, 5.41) is 4.56. The fourth-order valence-electron chi connectivity index (χ4n) is 2.10. The molecule has 3 amide bonds. The van der Waals surface area contributed by atoms with Crippen LogP contribution in [0.4, 0.5) is 14.9 Å². The zero-order valence-electron chi connectivity index (χ0n) is 14.9. The predicted octanol–water partition coefficient (Wildman–Crippen LogP) is 3.35. The third-order valence-electron chi connectivity index (χ3n) is 3.67. The molecule has 0 bridgehead atoms. The largest absolute Gasteiger partial charge is 0.452 e. The number of halogens is 1. The fraction of sp³-hybridized carbons (Fsp3) is 0.150. The molecule has 0 saturated carbocycles. The molecule has 0 spiro atoms. The van der Waals surface area contributed by atoms with Crippen molar-refractivity contribution in [1.29, 1.82) is 0 Å². The van der Waals surface area contributed by atoms with E-state index in [1.54, 1.807) is 18.2 Å². The number of carbonyl (C=O) groups is 3. The van der Waals surface area contributed by atoms with Gasteiger partial charge < -0.3 is 10.1 Å². The van der Waals surface area contributed by atoms with E-state index in [4.69, 9.17) is 4.74 Å². The van der Waals surface area contributed by atoms with E-state index < -0.39 is 30.3 Å². The number of hydrogen-bond donors (Lipinski definition) is 2. The lowest BCUT2D eigenvalue weighted by molar-refractivity contribution is -0.143. The van der Waals surface area contributed by atoms with Crippen LogP contribution in [0.25, 0.3) is 6.08 Å². The van der Waals surface area contributed by atoms with E-state index in [-0.39, 0.29) is 5.56 Å². The molecule has 2 N–H and O–H groups in total. The van der Waals surface area contributed by atoms with Gasteiger partial charge in [0.1, 0.15) is 5.82 Å². The van der Waals surface area contributed by atoms with Crippen LogP contribution < -0.4 is 10.6 Å². The van der Waals surface area contributed by atoms with Gasteiger partial charge in [-0.3, -0.25) is 10.1 Å². The minimum atomic E-state index is -0.831. The normalized spacial score (nSPS) is 10.5. The number of anilines is 1. The Kier molecular flexibility index (Phi) is 6.82. The Hall–Kier alpha value is -3.48. The molecular formula is C20H19FN2O4. The summed E-state index contributed by atoms with van der Waals surface area (Å²) >= 11 is 0. The van der Waals surface area contributed by atoms with Crippen molar-refractivity contribution in [3.05, 3.63) is 71.0 Å². The van der Waals surface area contributed by atoms with Crippen LogP contribution in [0.5, 0.6) is 0 Å². The number of esters is 1. The van der Waals surface area contributed by atoms with E-state index in [2.05, 4.69) is 10.6 Å². The summed E-state index contributed by atoms with van der Waals surface area (Å²) in [6, 6.07) is 10.5. The zero-order valence-corrected chi connectivity index (χ0v) is 14.9. The van der Waals surface area contributed by atoms with Crippen molar-refractivity contribution < 1.29 is 23.5 Å². The highest BCUT2D eigenvalue weighted by Gasteiger charge is 2.10.